The van der Waals surface area contributed by atoms with E-state index in [-0.39, 0.29) is 10.8 Å². The van der Waals surface area contributed by atoms with E-state index in [0.29, 0.717) is 16.2 Å². The van der Waals surface area contributed by atoms with Crippen LogP contribution >= 0.6 is 11.8 Å². The second-order valence-electron chi connectivity index (χ2n) is 5.67. The summed E-state index contributed by atoms with van der Waals surface area (Å²) in [7, 11) is 0. The van der Waals surface area contributed by atoms with Gasteiger partial charge in [-0.25, -0.2) is 9.67 Å². The van der Waals surface area contributed by atoms with E-state index in [1.165, 1.54) is 17.3 Å². The number of benzene rings is 2. The first kappa shape index (κ1) is 15.7. The Morgan fingerprint density at radius 3 is 2.44 bits per heavy atom. The highest BCUT2D eigenvalue weighted by atomic mass is 32.2. The quantitative estimate of drug-likeness (QED) is 0.448. The van der Waals surface area contributed by atoms with Gasteiger partial charge < -0.3 is 4.98 Å². The smallest absolute Gasteiger partial charge is 0.262 e. The van der Waals surface area contributed by atoms with Crippen LogP contribution in [0.5, 0.6) is 0 Å². The van der Waals surface area contributed by atoms with Crippen LogP contribution in [-0.2, 0) is 0 Å². The summed E-state index contributed by atoms with van der Waals surface area (Å²) in [5, 5.41) is 5.58. The van der Waals surface area contributed by atoms with Gasteiger partial charge >= 0.3 is 0 Å². The van der Waals surface area contributed by atoms with Gasteiger partial charge in [0, 0.05) is 5.25 Å². The molecule has 6 heteroatoms. The Hall–Kier alpha value is -2.86. The maximum atomic E-state index is 12.4. The molecule has 4 rings (SSSR count). The molecule has 0 saturated carbocycles. The molecule has 5 nitrogen and oxygen atoms in total. The summed E-state index contributed by atoms with van der Waals surface area (Å²) in [6.45, 7) is 2.10. The molecule has 0 aliphatic heterocycles. The van der Waals surface area contributed by atoms with E-state index in [1.54, 1.807) is 10.9 Å². The van der Waals surface area contributed by atoms with Crippen LogP contribution in [0.25, 0.3) is 16.7 Å². The molecule has 0 radical (unpaired) electrons. The number of nitrogens with one attached hydrogen (secondary N) is 1. The summed E-state index contributed by atoms with van der Waals surface area (Å²) in [6.07, 6.45) is 1.56. The predicted octanol–water partition coefficient (Wildman–Crippen LogP) is 3.96. The standard InChI is InChI=1S/C19H16N4OS/c1-13(14-8-4-2-5-9-14)25-19-21-17-16(18(24)22-19)12-20-23(17)15-10-6-3-7-11-15/h2-13H,1H3,(H,21,22,24). The lowest BCUT2D eigenvalue weighted by Gasteiger charge is -2.10. The Bertz CT molecular complexity index is 1060. The maximum absolute atomic E-state index is 12.4. The molecule has 0 aliphatic carbocycles. The molecule has 1 N–H and O–H groups in total. The van der Waals surface area contributed by atoms with Gasteiger partial charge in [-0.05, 0) is 24.6 Å². The first-order valence-corrected chi connectivity index (χ1v) is 8.85. The van der Waals surface area contributed by atoms with Crippen molar-refractivity contribution in [1.82, 2.24) is 19.7 Å². The maximum Gasteiger partial charge on any atom is 0.262 e. The third-order valence-electron chi connectivity index (χ3n) is 3.97. The predicted molar refractivity (Wildman–Crippen MR) is 100 cm³/mol. The van der Waals surface area contributed by atoms with E-state index >= 15 is 0 Å². The van der Waals surface area contributed by atoms with E-state index in [1.807, 2.05) is 48.5 Å². The van der Waals surface area contributed by atoms with Gasteiger partial charge in [-0.3, -0.25) is 4.79 Å². The van der Waals surface area contributed by atoms with Crippen LogP contribution in [0, 0.1) is 0 Å². The molecule has 0 amide bonds. The van der Waals surface area contributed by atoms with Crippen LogP contribution in [0.15, 0.2) is 76.8 Å². The van der Waals surface area contributed by atoms with Crippen LogP contribution in [0.3, 0.4) is 0 Å². The van der Waals surface area contributed by atoms with Crippen molar-refractivity contribution in [3.05, 3.63) is 82.8 Å². The first-order chi connectivity index (χ1) is 12.2. The minimum absolute atomic E-state index is 0.171. The normalized spacial score (nSPS) is 12.4. The van der Waals surface area contributed by atoms with E-state index < -0.39 is 0 Å². The second kappa shape index (κ2) is 6.57. The number of para-hydroxylation sites is 1. The number of aromatic nitrogens is 4. The van der Waals surface area contributed by atoms with Crippen molar-refractivity contribution >= 4 is 22.8 Å². The molecule has 1 unspecified atom stereocenters. The van der Waals surface area contributed by atoms with Gasteiger partial charge in [0.25, 0.3) is 5.56 Å². The number of aromatic amines is 1. The summed E-state index contributed by atoms with van der Waals surface area (Å²) < 4.78 is 1.70. The van der Waals surface area contributed by atoms with Gasteiger partial charge in [0.05, 0.1) is 11.9 Å². The molecule has 0 aliphatic rings. The summed E-state index contributed by atoms with van der Waals surface area (Å²) in [6, 6.07) is 19.8. The molecule has 25 heavy (non-hydrogen) atoms. The van der Waals surface area contributed by atoms with E-state index in [0.717, 1.165) is 5.69 Å². The SMILES string of the molecule is CC(Sc1nc2c(cnn2-c2ccccc2)c(=O)[nH]1)c1ccccc1. The minimum atomic E-state index is -0.171. The fourth-order valence-electron chi connectivity index (χ4n) is 2.67. The Balaban J connectivity index is 1.75. The van der Waals surface area contributed by atoms with E-state index in [4.69, 9.17) is 0 Å². The number of hydrogen-bond donors (Lipinski definition) is 1. The zero-order valence-corrected chi connectivity index (χ0v) is 14.4. The molecule has 0 spiro atoms. The van der Waals surface area contributed by atoms with Crippen LogP contribution in [0.1, 0.15) is 17.7 Å². The van der Waals surface area contributed by atoms with Crippen molar-refractivity contribution in [1.29, 1.82) is 0 Å². The number of H-pyrrole nitrogens is 1. The lowest BCUT2D eigenvalue weighted by Crippen LogP contribution is -2.10. The second-order valence-corrected chi connectivity index (χ2v) is 7.00. The number of rotatable bonds is 4. The van der Waals surface area contributed by atoms with Crippen molar-refractivity contribution in [3.63, 3.8) is 0 Å². The number of hydrogen-bond acceptors (Lipinski definition) is 4. The van der Waals surface area contributed by atoms with Crippen LogP contribution in [0.2, 0.25) is 0 Å². The summed E-state index contributed by atoms with van der Waals surface area (Å²) in [5.41, 5.74) is 2.46. The van der Waals surface area contributed by atoms with Crippen molar-refractivity contribution in [2.24, 2.45) is 0 Å². The first-order valence-electron chi connectivity index (χ1n) is 7.97. The fraction of sp³-hybridized carbons (Fsp3) is 0.105. The third-order valence-corrected chi connectivity index (χ3v) is 5.02. The van der Waals surface area contributed by atoms with Crippen LogP contribution in [0.4, 0.5) is 0 Å². The van der Waals surface area contributed by atoms with Crippen molar-refractivity contribution in [2.45, 2.75) is 17.3 Å². The zero-order valence-electron chi connectivity index (χ0n) is 13.6. The molecule has 0 bridgehead atoms. The van der Waals surface area contributed by atoms with Gasteiger partial charge in [-0.1, -0.05) is 60.3 Å². The van der Waals surface area contributed by atoms with E-state index in [9.17, 15) is 4.79 Å². The molecule has 4 aromatic rings. The number of thioether (sulfide) groups is 1. The molecule has 2 heterocycles. The van der Waals surface area contributed by atoms with Crippen molar-refractivity contribution in [3.8, 4) is 5.69 Å². The molecular weight excluding hydrogens is 332 g/mol. The highest BCUT2D eigenvalue weighted by Crippen LogP contribution is 2.32. The third kappa shape index (κ3) is 3.08. The molecular formula is C19H16N4OS. The lowest BCUT2D eigenvalue weighted by molar-refractivity contribution is 0.871. The molecule has 2 aromatic heterocycles. The van der Waals surface area contributed by atoms with Crippen LogP contribution in [-0.4, -0.2) is 19.7 Å². The average molecular weight is 348 g/mol. The fourth-order valence-corrected chi connectivity index (χ4v) is 3.59. The summed E-state index contributed by atoms with van der Waals surface area (Å²) in [4.78, 5) is 19.9. The highest BCUT2D eigenvalue weighted by Gasteiger charge is 2.14. The Kier molecular flexibility index (Phi) is 4.11. The highest BCUT2D eigenvalue weighted by molar-refractivity contribution is 7.99. The Labute approximate surface area is 148 Å². The summed E-state index contributed by atoms with van der Waals surface area (Å²) in [5.74, 6) is 0. The van der Waals surface area contributed by atoms with Crippen LogP contribution < -0.4 is 5.56 Å². The molecule has 0 saturated heterocycles. The van der Waals surface area contributed by atoms with Crippen molar-refractivity contribution in [2.75, 3.05) is 0 Å². The molecule has 0 fully saturated rings. The molecule has 1 atom stereocenters. The van der Waals surface area contributed by atoms with Gasteiger partial charge in [0.2, 0.25) is 0 Å². The molecule has 2 aromatic carbocycles. The summed E-state index contributed by atoms with van der Waals surface area (Å²) >= 11 is 1.53. The lowest BCUT2D eigenvalue weighted by atomic mass is 10.2. The van der Waals surface area contributed by atoms with Gasteiger partial charge in [-0.15, -0.1) is 0 Å². The minimum Gasteiger partial charge on any atom is -0.301 e. The molecule has 124 valence electrons. The largest absolute Gasteiger partial charge is 0.301 e. The van der Waals surface area contributed by atoms with Gasteiger partial charge in [0.15, 0.2) is 10.8 Å². The number of nitrogens with zero attached hydrogens (tertiary/aromatic N) is 3. The van der Waals surface area contributed by atoms with E-state index in [2.05, 4.69) is 34.1 Å². The average Bonchev–Trinajstić information content (AvgIpc) is 3.07. The zero-order chi connectivity index (χ0) is 17.2. The Morgan fingerprint density at radius 2 is 1.72 bits per heavy atom. The Morgan fingerprint density at radius 1 is 1.04 bits per heavy atom. The van der Waals surface area contributed by atoms with Crippen molar-refractivity contribution < 1.29 is 0 Å². The number of fused-ring (bicyclic) bond motifs is 1. The van der Waals surface area contributed by atoms with Gasteiger partial charge in [-0.2, -0.15) is 5.10 Å². The monoisotopic (exact) mass is 348 g/mol. The van der Waals surface area contributed by atoms with Gasteiger partial charge in [0.1, 0.15) is 5.39 Å². The topological polar surface area (TPSA) is 63.6 Å².